The Morgan fingerprint density at radius 3 is 2.54 bits per heavy atom. The lowest BCUT2D eigenvalue weighted by Gasteiger charge is -2.35. The molecule has 0 unspecified atom stereocenters. The first-order valence-corrected chi connectivity index (χ1v) is 9.47. The summed E-state index contributed by atoms with van der Waals surface area (Å²) in [4.78, 5) is 26.7. The van der Waals surface area contributed by atoms with Gasteiger partial charge in [-0.05, 0) is 44.2 Å². The lowest BCUT2D eigenvalue weighted by molar-refractivity contribution is 0.0918. The van der Waals surface area contributed by atoms with Crippen LogP contribution >= 0.6 is 11.6 Å². The maximum Gasteiger partial charge on any atom is 0.317 e. The highest BCUT2D eigenvalue weighted by molar-refractivity contribution is 6.32. The summed E-state index contributed by atoms with van der Waals surface area (Å²) in [6.07, 6.45) is 6.51. The van der Waals surface area contributed by atoms with Crippen LogP contribution in [0.2, 0.25) is 5.02 Å². The fraction of sp³-hybridized carbons (Fsp3) is 0.500. The molecule has 1 aromatic heterocycles. The molecular weight excluding hydrogens is 354 g/mol. The van der Waals surface area contributed by atoms with Crippen molar-refractivity contribution in [3.05, 3.63) is 28.9 Å². The maximum atomic E-state index is 12.7. The zero-order valence-corrected chi connectivity index (χ0v) is 15.2. The molecule has 0 radical (unpaired) electrons. The van der Waals surface area contributed by atoms with Gasteiger partial charge in [0.15, 0.2) is 0 Å². The minimum atomic E-state index is -0.167. The predicted molar refractivity (Wildman–Crippen MR) is 99.3 cm³/mol. The second-order valence-corrected chi connectivity index (χ2v) is 7.54. The van der Waals surface area contributed by atoms with Gasteiger partial charge in [-0.15, -0.1) is 0 Å². The van der Waals surface area contributed by atoms with Crippen LogP contribution in [0.4, 0.5) is 4.79 Å². The normalized spacial score (nSPS) is 18.6. The van der Waals surface area contributed by atoms with Crippen molar-refractivity contribution in [1.82, 2.24) is 25.7 Å². The summed E-state index contributed by atoms with van der Waals surface area (Å²) < 4.78 is 0. The van der Waals surface area contributed by atoms with Crippen LogP contribution < -0.4 is 10.6 Å². The van der Waals surface area contributed by atoms with E-state index in [9.17, 15) is 9.59 Å². The van der Waals surface area contributed by atoms with Gasteiger partial charge in [0.25, 0.3) is 5.91 Å². The van der Waals surface area contributed by atoms with Gasteiger partial charge in [0, 0.05) is 35.6 Å². The van der Waals surface area contributed by atoms with E-state index in [-0.39, 0.29) is 18.0 Å². The summed E-state index contributed by atoms with van der Waals surface area (Å²) in [5.41, 5.74) is 1.18. The van der Waals surface area contributed by atoms with E-state index in [4.69, 9.17) is 11.6 Å². The molecule has 1 aromatic carbocycles. The summed E-state index contributed by atoms with van der Waals surface area (Å²) in [6.45, 7) is 1.30. The molecule has 3 amide bonds. The number of amides is 3. The number of benzene rings is 1. The first-order chi connectivity index (χ1) is 12.6. The van der Waals surface area contributed by atoms with E-state index in [2.05, 4.69) is 20.8 Å². The Balaban J connectivity index is 1.34. The van der Waals surface area contributed by atoms with Crippen molar-refractivity contribution >= 4 is 34.4 Å². The molecular formula is C18H22ClN5O2. The van der Waals surface area contributed by atoms with Gasteiger partial charge in [-0.2, -0.15) is 5.10 Å². The van der Waals surface area contributed by atoms with Gasteiger partial charge in [0.1, 0.15) is 0 Å². The van der Waals surface area contributed by atoms with Gasteiger partial charge >= 0.3 is 6.03 Å². The molecule has 7 nitrogen and oxygen atoms in total. The zero-order chi connectivity index (χ0) is 18.1. The highest BCUT2D eigenvalue weighted by atomic mass is 35.5. The van der Waals surface area contributed by atoms with E-state index < -0.39 is 0 Å². The fourth-order valence-corrected chi connectivity index (χ4v) is 3.74. The molecule has 1 saturated heterocycles. The third kappa shape index (κ3) is 3.49. The average Bonchev–Trinajstić information content (AvgIpc) is 3.06. The van der Waals surface area contributed by atoms with Crippen LogP contribution in [0.3, 0.4) is 0 Å². The topological polar surface area (TPSA) is 90.1 Å². The van der Waals surface area contributed by atoms with Crippen LogP contribution in [0.1, 0.15) is 42.5 Å². The smallest absolute Gasteiger partial charge is 0.317 e. The number of urea groups is 1. The lowest BCUT2D eigenvalue weighted by Crippen LogP contribution is -2.52. The Bertz CT molecular complexity index is 824. The largest absolute Gasteiger partial charge is 0.349 e. The monoisotopic (exact) mass is 375 g/mol. The first-order valence-electron chi connectivity index (χ1n) is 9.09. The Hall–Kier alpha value is -2.28. The zero-order valence-electron chi connectivity index (χ0n) is 14.4. The number of nitrogens with one attached hydrogen (secondary N) is 3. The third-order valence-corrected chi connectivity index (χ3v) is 5.53. The van der Waals surface area contributed by atoms with Gasteiger partial charge < -0.3 is 15.5 Å². The molecule has 2 aromatic rings. The van der Waals surface area contributed by atoms with Crippen molar-refractivity contribution in [2.24, 2.45) is 0 Å². The second-order valence-electron chi connectivity index (χ2n) is 7.10. The van der Waals surface area contributed by atoms with E-state index in [1.807, 2.05) is 4.90 Å². The van der Waals surface area contributed by atoms with Crippen LogP contribution in [0.5, 0.6) is 0 Å². The van der Waals surface area contributed by atoms with Crippen LogP contribution in [0.15, 0.2) is 18.3 Å². The number of carbonyl (C=O) groups excluding carboxylic acids is 2. The predicted octanol–water partition coefficient (Wildman–Crippen LogP) is 2.67. The third-order valence-electron chi connectivity index (χ3n) is 5.31. The molecule has 3 N–H and O–H groups in total. The van der Waals surface area contributed by atoms with Crippen molar-refractivity contribution in [1.29, 1.82) is 0 Å². The molecule has 0 atom stereocenters. The molecule has 0 spiro atoms. The maximum absolute atomic E-state index is 12.7. The fourth-order valence-electron chi connectivity index (χ4n) is 3.51. The number of piperidine rings is 1. The number of likely N-dealkylation sites (tertiary alicyclic amines) is 1. The van der Waals surface area contributed by atoms with E-state index >= 15 is 0 Å². The highest BCUT2D eigenvalue weighted by Gasteiger charge is 2.27. The van der Waals surface area contributed by atoms with Gasteiger partial charge in [-0.3, -0.25) is 9.89 Å². The van der Waals surface area contributed by atoms with Gasteiger partial charge in [0.05, 0.1) is 17.3 Å². The van der Waals surface area contributed by atoms with Crippen molar-refractivity contribution in [3.63, 3.8) is 0 Å². The van der Waals surface area contributed by atoms with Gasteiger partial charge in [-0.25, -0.2) is 4.79 Å². The van der Waals surface area contributed by atoms with Gasteiger partial charge in [0.2, 0.25) is 0 Å². The number of carbonyl (C=O) groups is 2. The summed E-state index contributed by atoms with van der Waals surface area (Å²) in [7, 11) is 0. The van der Waals surface area contributed by atoms with Gasteiger partial charge in [-0.1, -0.05) is 11.6 Å². The second kappa shape index (κ2) is 7.15. The van der Waals surface area contributed by atoms with Crippen molar-refractivity contribution < 1.29 is 9.59 Å². The summed E-state index contributed by atoms with van der Waals surface area (Å²) >= 11 is 6.11. The Morgan fingerprint density at radius 2 is 1.85 bits per heavy atom. The number of aromatic amines is 1. The number of halogens is 1. The molecule has 2 aliphatic rings. The summed E-state index contributed by atoms with van der Waals surface area (Å²) in [5.74, 6) is -0.167. The number of nitrogens with zero attached hydrogens (tertiary/aromatic N) is 2. The van der Waals surface area contributed by atoms with Crippen LogP contribution in [0, 0.1) is 0 Å². The summed E-state index contributed by atoms with van der Waals surface area (Å²) in [5, 5.41) is 14.3. The minimum Gasteiger partial charge on any atom is -0.349 e. The first kappa shape index (κ1) is 17.1. The minimum absolute atomic E-state index is 0.0217. The molecule has 4 rings (SSSR count). The molecule has 0 bridgehead atoms. The van der Waals surface area contributed by atoms with E-state index in [1.165, 1.54) is 6.42 Å². The standard InChI is InChI=1S/C18H22ClN5O2/c19-12-8-11-10-20-23-16(11)15(9-12)17(25)21-14-4-6-24(7-5-14)18(26)22-13-2-1-3-13/h8-10,13-14H,1-7H2,(H,20,23)(H,21,25)(H,22,26). The number of rotatable bonds is 3. The van der Waals surface area contributed by atoms with E-state index in [1.54, 1.807) is 18.3 Å². The number of aromatic nitrogens is 2. The Labute approximate surface area is 156 Å². The molecule has 26 heavy (non-hydrogen) atoms. The average molecular weight is 376 g/mol. The van der Waals surface area contributed by atoms with Crippen LogP contribution in [-0.4, -0.2) is 52.2 Å². The van der Waals surface area contributed by atoms with Crippen LogP contribution in [0.25, 0.3) is 10.9 Å². The Kier molecular flexibility index (Phi) is 4.72. The highest BCUT2D eigenvalue weighted by Crippen LogP contribution is 2.23. The van der Waals surface area contributed by atoms with Crippen LogP contribution in [-0.2, 0) is 0 Å². The summed E-state index contributed by atoms with van der Waals surface area (Å²) in [6, 6.07) is 3.84. The lowest BCUT2D eigenvalue weighted by atomic mass is 9.93. The number of hydrogen-bond acceptors (Lipinski definition) is 3. The van der Waals surface area contributed by atoms with Crippen molar-refractivity contribution in [3.8, 4) is 0 Å². The van der Waals surface area contributed by atoms with E-state index in [0.29, 0.717) is 35.2 Å². The van der Waals surface area contributed by atoms with E-state index in [0.717, 1.165) is 31.1 Å². The molecule has 1 aliphatic heterocycles. The Morgan fingerprint density at radius 1 is 1.12 bits per heavy atom. The van der Waals surface area contributed by atoms with Crippen molar-refractivity contribution in [2.45, 2.75) is 44.2 Å². The number of hydrogen-bond donors (Lipinski definition) is 3. The molecule has 1 aliphatic carbocycles. The molecule has 2 heterocycles. The number of fused-ring (bicyclic) bond motifs is 1. The number of H-pyrrole nitrogens is 1. The molecule has 2 fully saturated rings. The molecule has 8 heteroatoms. The molecule has 138 valence electrons. The van der Waals surface area contributed by atoms with Crippen molar-refractivity contribution in [2.75, 3.05) is 13.1 Å². The quantitative estimate of drug-likeness (QED) is 0.770. The SMILES string of the molecule is O=C(NC1CCN(C(=O)NC2CCC2)CC1)c1cc(Cl)cc2cn[nH]c12. The molecule has 1 saturated carbocycles.